The van der Waals surface area contributed by atoms with Gasteiger partial charge in [-0.15, -0.1) is 0 Å². The van der Waals surface area contributed by atoms with Gasteiger partial charge in [0.1, 0.15) is 18.4 Å². The second-order valence-electron chi connectivity index (χ2n) is 7.33. The lowest BCUT2D eigenvalue weighted by Crippen LogP contribution is -2.49. The molecule has 2 aromatic carbocycles. The topological polar surface area (TPSA) is 64.9 Å². The molecule has 0 aliphatic carbocycles. The second kappa shape index (κ2) is 10.2. The van der Waals surface area contributed by atoms with Crippen molar-refractivity contribution in [1.29, 1.82) is 5.26 Å². The van der Waals surface area contributed by atoms with Crippen LogP contribution in [0.3, 0.4) is 0 Å². The maximum Gasteiger partial charge on any atom is 0.407 e. The molecule has 0 heterocycles. The Bertz CT molecular complexity index is 871. The van der Waals surface area contributed by atoms with Gasteiger partial charge in [-0.25, -0.2) is 4.39 Å². The smallest absolute Gasteiger partial charge is 0.342 e. The van der Waals surface area contributed by atoms with Gasteiger partial charge in [0.15, 0.2) is 0 Å². The highest BCUT2D eigenvalue weighted by molar-refractivity contribution is 5.82. The first-order valence-electron chi connectivity index (χ1n) is 9.45. The SMILES string of the molecule is CC(C)C[C@H](N[C@@H](c1ccc(-c2ccc(F)cc2)cc1)C(F)(F)F)C(=O)NCC#N. The van der Waals surface area contributed by atoms with E-state index < -0.39 is 30.0 Å². The van der Waals surface area contributed by atoms with Gasteiger partial charge < -0.3 is 5.32 Å². The normalized spacial score (nSPS) is 13.5. The van der Waals surface area contributed by atoms with E-state index in [0.717, 1.165) is 0 Å². The first kappa shape index (κ1) is 23.4. The quantitative estimate of drug-likeness (QED) is 0.478. The van der Waals surface area contributed by atoms with E-state index in [1.165, 1.54) is 36.4 Å². The second-order valence-corrected chi connectivity index (χ2v) is 7.33. The molecule has 160 valence electrons. The number of hydrogen-bond acceptors (Lipinski definition) is 3. The summed E-state index contributed by atoms with van der Waals surface area (Å²) in [5, 5.41) is 13.4. The molecule has 0 aliphatic heterocycles. The molecular weight excluding hydrogens is 398 g/mol. The van der Waals surface area contributed by atoms with Crippen LogP contribution in [0, 0.1) is 23.1 Å². The van der Waals surface area contributed by atoms with Crippen molar-refractivity contribution in [2.75, 3.05) is 6.54 Å². The number of nitrogens with zero attached hydrogens (tertiary/aromatic N) is 1. The van der Waals surface area contributed by atoms with Crippen LogP contribution in [0.4, 0.5) is 17.6 Å². The zero-order valence-corrected chi connectivity index (χ0v) is 16.6. The minimum Gasteiger partial charge on any atom is -0.342 e. The third-order valence-corrected chi connectivity index (χ3v) is 4.48. The number of alkyl halides is 3. The van der Waals surface area contributed by atoms with Gasteiger partial charge in [0.05, 0.1) is 12.1 Å². The highest BCUT2D eigenvalue weighted by Crippen LogP contribution is 2.34. The molecule has 0 spiro atoms. The van der Waals surface area contributed by atoms with Crippen molar-refractivity contribution >= 4 is 5.91 Å². The summed E-state index contributed by atoms with van der Waals surface area (Å²) < 4.78 is 54.5. The van der Waals surface area contributed by atoms with Gasteiger partial charge in [0.2, 0.25) is 5.91 Å². The summed E-state index contributed by atoms with van der Waals surface area (Å²) in [5.74, 6) is -1.09. The zero-order chi connectivity index (χ0) is 22.3. The van der Waals surface area contributed by atoms with Crippen molar-refractivity contribution < 1.29 is 22.4 Å². The number of carbonyl (C=O) groups excluding carboxylic acids is 1. The number of benzene rings is 2. The minimum atomic E-state index is -4.64. The molecule has 2 atom stereocenters. The number of rotatable bonds is 8. The molecule has 8 heteroatoms. The molecular formula is C22H23F4N3O. The highest BCUT2D eigenvalue weighted by atomic mass is 19.4. The third-order valence-electron chi connectivity index (χ3n) is 4.48. The Balaban J connectivity index is 2.28. The molecule has 30 heavy (non-hydrogen) atoms. The molecule has 0 saturated heterocycles. The molecule has 4 nitrogen and oxygen atoms in total. The van der Waals surface area contributed by atoms with E-state index >= 15 is 0 Å². The van der Waals surface area contributed by atoms with E-state index in [1.54, 1.807) is 32.0 Å². The molecule has 0 bridgehead atoms. The standard InChI is InChI=1S/C22H23F4N3O/c1-14(2)13-19(21(30)28-12-11-27)29-20(22(24,25)26)17-5-3-15(4-6-17)16-7-9-18(23)10-8-16/h3-10,14,19-20,29H,12-13H2,1-2H3,(H,28,30)/t19-,20-/m0/s1. The summed E-state index contributed by atoms with van der Waals surface area (Å²) in [4.78, 5) is 12.3. The molecule has 2 rings (SSSR count). The summed E-state index contributed by atoms with van der Waals surface area (Å²) in [6.45, 7) is 3.32. The molecule has 2 N–H and O–H groups in total. The molecule has 0 radical (unpaired) electrons. The molecule has 0 aromatic heterocycles. The predicted octanol–water partition coefficient (Wildman–Crippen LogP) is 4.74. The molecule has 0 aliphatic rings. The molecule has 1 amide bonds. The van der Waals surface area contributed by atoms with Gasteiger partial charge in [0, 0.05) is 0 Å². The number of nitrogens with one attached hydrogen (secondary N) is 2. The van der Waals surface area contributed by atoms with Crippen LogP contribution in [0.15, 0.2) is 48.5 Å². The van der Waals surface area contributed by atoms with Crippen LogP contribution in [0.1, 0.15) is 31.9 Å². The summed E-state index contributed by atoms with van der Waals surface area (Å²) in [6, 6.07) is 9.94. The first-order valence-corrected chi connectivity index (χ1v) is 9.45. The summed E-state index contributed by atoms with van der Waals surface area (Å²) >= 11 is 0. The lowest BCUT2D eigenvalue weighted by Gasteiger charge is -2.28. The summed E-state index contributed by atoms with van der Waals surface area (Å²) in [5.41, 5.74) is 1.27. The number of carbonyl (C=O) groups is 1. The van der Waals surface area contributed by atoms with E-state index in [2.05, 4.69) is 10.6 Å². The molecule has 0 fully saturated rings. The fraction of sp³-hybridized carbons (Fsp3) is 0.364. The van der Waals surface area contributed by atoms with Crippen LogP contribution in [0.5, 0.6) is 0 Å². The lowest BCUT2D eigenvalue weighted by molar-refractivity contribution is -0.161. The molecule has 0 unspecified atom stereocenters. The third kappa shape index (κ3) is 6.56. The maximum atomic E-state index is 13.8. The Morgan fingerprint density at radius 2 is 1.57 bits per heavy atom. The number of nitriles is 1. The van der Waals surface area contributed by atoms with Crippen LogP contribution in [-0.2, 0) is 4.79 Å². The van der Waals surface area contributed by atoms with Gasteiger partial charge in [-0.05, 0) is 41.2 Å². The molecule has 2 aromatic rings. The number of halogens is 4. The Labute approximate surface area is 172 Å². The van der Waals surface area contributed by atoms with E-state index in [-0.39, 0.29) is 24.4 Å². The van der Waals surface area contributed by atoms with Crippen molar-refractivity contribution in [3.63, 3.8) is 0 Å². The number of amides is 1. The van der Waals surface area contributed by atoms with Gasteiger partial charge in [-0.3, -0.25) is 10.1 Å². The average Bonchev–Trinajstić information content (AvgIpc) is 2.69. The van der Waals surface area contributed by atoms with E-state index in [4.69, 9.17) is 5.26 Å². The van der Waals surface area contributed by atoms with Gasteiger partial charge >= 0.3 is 6.18 Å². The largest absolute Gasteiger partial charge is 0.407 e. The van der Waals surface area contributed by atoms with Crippen molar-refractivity contribution in [3.8, 4) is 17.2 Å². The predicted molar refractivity (Wildman–Crippen MR) is 106 cm³/mol. The summed E-state index contributed by atoms with van der Waals surface area (Å²) in [6.07, 6.45) is -4.46. The van der Waals surface area contributed by atoms with Crippen molar-refractivity contribution in [3.05, 3.63) is 59.9 Å². The molecule has 0 saturated carbocycles. The van der Waals surface area contributed by atoms with E-state index in [1.807, 2.05) is 0 Å². The Hall–Kier alpha value is -2.92. The van der Waals surface area contributed by atoms with Crippen LogP contribution < -0.4 is 10.6 Å². The van der Waals surface area contributed by atoms with Gasteiger partial charge in [-0.1, -0.05) is 50.2 Å². The Kier molecular flexibility index (Phi) is 7.95. The van der Waals surface area contributed by atoms with Gasteiger partial charge in [-0.2, -0.15) is 18.4 Å². The van der Waals surface area contributed by atoms with E-state index in [0.29, 0.717) is 11.1 Å². The zero-order valence-electron chi connectivity index (χ0n) is 16.6. The van der Waals surface area contributed by atoms with Gasteiger partial charge in [0.25, 0.3) is 0 Å². The fourth-order valence-corrected chi connectivity index (χ4v) is 3.06. The van der Waals surface area contributed by atoms with Crippen LogP contribution in [-0.4, -0.2) is 24.7 Å². The van der Waals surface area contributed by atoms with Crippen LogP contribution >= 0.6 is 0 Å². The Morgan fingerprint density at radius 3 is 2.03 bits per heavy atom. The van der Waals surface area contributed by atoms with Crippen molar-refractivity contribution in [2.24, 2.45) is 5.92 Å². The average molecular weight is 421 g/mol. The monoisotopic (exact) mass is 421 g/mol. The van der Waals surface area contributed by atoms with Crippen LogP contribution in [0.2, 0.25) is 0 Å². The maximum absolute atomic E-state index is 13.8. The highest BCUT2D eigenvalue weighted by Gasteiger charge is 2.42. The lowest BCUT2D eigenvalue weighted by atomic mass is 9.97. The van der Waals surface area contributed by atoms with Crippen molar-refractivity contribution in [1.82, 2.24) is 10.6 Å². The summed E-state index contributed by atoms with van der Waals surface area (Å²) in [7, 11) is 0. The Morgan fingerprint density at radius 1 is 1.03 bits per heavy atom. The van der Waals surface area contributed by atoms with E-state index in [9.17, 15) is 22.4 Å². The van der Waals surface area contributed by atoms with Crippen molar-refractivity contribution in [2.45, 2.75) is 38.5 Å². The first-order chi connectivity index (χ1) is 14.1. The number of hydrogen-bond donors (Lipinski definition) is 2. The fourth-order valence-electron chi connectivity index (χ4n) is 3.06. The van der Waals surface area contributed by atoms with Crippen LogP contribution in [0.25, 0.3) is 11.1 Å². The minimum absolute atomic E-state index is 0.0370.